The fraction of sp³-hybridized carbons (Fsp3) is 0.278. The molecule has 0 unspecified atom stereocenters. The zero-order chi connectivity index (χ0) is 19.0. The molecule has 8 heteroatoms. The van der Waals surface area contributed by atoms with Gasteiger partial charge in [0, 0.05) is 31.3 Å². The average molecular weight is 378 g/mol. The highest BCUT2D eigenvalue weighted by molar-refractivity contribution is 7.89. The lowest BCUT2D eigenvalue weighted by atomic mass is 10.2. The van der Waals surface area contributed by atoms with Gasteiger partial charge in [-0.05, 0) is 24.3 Å². The van der Waals surface area contributed by atoms with Crippen LogP contribution in [0.15, 0.2) is 53.4 Å². The van der Waals surface area contributed by atoms with Crippen molar-refractivity contribution in [3.63, 3.8) is 0 Å². The summed E-state index contributed by atoms with van der Waals surface area (Å²) in [7, 11) is -0.714. The number of amides is 1. The molecule has 26 heavy (non-hydrogen) atoms. The monoisotopic (exact) mass is 378 g/mol. The van der Waals surface area contributed by atoms with E-state index in [0.29, 0.717) is 24.5 Å². The van der Waals surface area contributed by atoms with E-state index in [9.17, 15) is 13.2 Å². The first kappa shape index (κ1) is 19.9. The molecule has 0 saturated carbocycles. The summed E-state index contributed by atoms with van der Waals surface area (Å²) in [6, 6.07) is 13.0. The van der Waals surface area contributed by atoms with Crippen LogP contribution in [0.1, 0.15) is 15.9 Å². The predicted octanol–water partition coefficient (Wildman–Crippen LogP) is 1.55. The van der Waals surface area contributed by atoms with Crippen molar-refractivity contribution in [3.8, 4) is 5.75 Å². The molecule has 7 nitrogen and oxygen atoms in total. The third-order valence-electron chi connectivity index (χ3n) is 3.64. The maximum atomic E-state index is 12.5. The molecule has 0 heterocycles. The molecule has 0 radical (unpaired) electrons. The van der Waals surface area contributed by atoms with Gasteiger partial charge in [0.15, 0.2) is 0 Å². The Balaban J connectivity index is 2.11. The summed E-state index contributed by atoms with van der Waals surface area (Å²) in [6.07, 6.45) is 0. The average Bonchev–Trinajstić information content (AvgIpc) is 2.67. The van der Waals surface area contributed by atoms with E-state index in [0.717, 1.165) is 0 Å². The molecule has 2 rings (SSSR count). The number of para-hydroxylation sites is 1. The molecular formula is C18H22N2O5S. The van der Waals surface area contributed by atoms with Crippen LogP contribution in [0, 0.1) is 0 Å². The lowest BCUT2D eigenvalue weighted by Gasteiger charge is -2.11. The second-order valence-corrected chi connectivity index (χ2v) is 7.18. The van der Waals surface area contributed by atoms with Crippen LogP contribution in [-0.2, 0) is 21.3 Å². The highest BCUT2D eigenvalue weighted by atomic mass is 32.2. The summed E-state index contributed by atoms with van der Waals surface area (Å²) in [5.41, 5.74) is 0.980. The van der Waals surface area contributed by atoms with Crippen molar-refractivity contribution in [1.82, 2.24) is 10.0 Å². The first-order chi connectivity index (χ1) is 12.5. The minimum atomic E-state index is -3.77. The van der Waals surface area contributed by atoms with E-state index in [1.165, 1.54) is 32.4 Å². The molecule has 2 aromatic rings. The van der Waals surface area contributed by atoms with Gasteiger partial charge in [0.1, 0.15) is 5.75 Å². The van der Waals surface area contributed by atoms with Crippen molar-refractivity contribution in [3.05, 3.63) is 59.7 Å². The lowest BCUT2D eigenvalue weighted by Crippen LogP contribution is -2.28. The van der Waals surface area contributed by atoms with Crippen molar-refractivity contribution >= 4 is 15.9 Å². The summed E-state index contributed by atoms with van der Waals surface area (Å²) in [5, 5.41) is 2.66. The van der Waals surface area contributed by atoms with E-state index in [4.69, 9.17) is 9.47 Å². The highest BCUT2D eigenvalue weighted by Crippen LogP contribution is 2.18. The van der Waals surface area contributed by atoms with Gasteiger partial charge in [-0.25, -0.2) is 13.1 Å². The topological polar surface area (TPSA) is 93.7 Å². The van der Waals surface area contributed by atoms with E-state index in [1.54, 1.807) is 24.3 Å². The standard InChI is InChI=1S/C18H22N2O5S/c1-24-11-10-19-18(21)14-7-5-8-16(12-14)26(22,23)20-13-15-6-3-4-9-17(15)25-2/h3-9,12,20H,10-11,13H2,1-2H3,(H,19,21). The summed E-state index contributed by atoms with van der Waals surface area (Å²) < 4.78 is 37.7. The van der Waals surface area contributed by atoms with Crippen molar-refractivity contribution in [1.29, 1.82) is 0 Å². The molecule has 0 spiro atoms. The van der Waals surface area contributed by atoms with Crippen LogP contribution in [0.25, 0.3) is 0 Å². The van der Waals surface area contributed by atoms with Gasteiger partial charge >= 0.3 is 0 Å². The number of carbonyl (C=O) groups is 1. The molecule has 0 atom stereocenters. The van der Waals surface area contributed by atoms with Crippen molar-refractivity contribution in [2.24, 2.45) is 0 Å². The van der Waals surface area contributed by atoms with Gasteiger partial charge in [-0.2, -0.15) is 0 Å². The minimum absolute atomic E-state index is 0.0202. The van der Waals surface area contributed by atoms with Gasteiger partial charge in [0.25, 0.3) is 5.91 Å². The maximum absolute atomic E-state index is 12.5. The van der Waals surface area contributed by atoms with Crippen molar-refractivity contribution < 1.29 is 22.7 Å². The SMILES string of the molecule is COCCNC(=O)c1cccc(S(=O)(=O)NCc2ccccc2OC)c1. The van der Waals surface area contributed by atoms with E-state index >= 15 is 0 Å². The van der Waals surface area contributed by atoms with E-state index in [2.05, 4.69) is 10.0 Å². The van der Waals surface area contributed by atoms with Crippen molar-refractivity contribution in [2.45, 2.75) is 11.4 Å². The molecule has 0 aliphatic rings. The van der Waals surface area contributed by atoms with Gasteiger partial charge in [-0.15, -0.1) is 0 Å². The smallest absolute Gasteiger partial charge is 0.251 e. The third kappa shape index (κ3) is 5.29. The molecule has 0 aliphatic heterocycles. The molecule has 1 amide bonds. The Bertz CT molecular complexity index is 852. The number of rotatable bonds is 9. The fourth-order valence-electron chi connectivity index (χ4n) is 2.28. The van der Waals surface area contributed by atoms with Gasteiger partial charge in [-0.3, -0.25) is 4.79 Å². The summed E-state index contributed by atoms with van der Waals surface area (Å²) in [5.74, 6) is 0.241. The van der Waals surface area contributed by atoms with E-state index in [-0.39, 0.29) is 22.9 Å². The highest BCUT2D eigenvalue weighted by Gasteiger charge is 2.17. The van der Waals surface area contributed by atoms with Gasteiger partial charge < -0.3 is 14.8 Å². The zero-order valence-electron chi connectivity index (χ0n) is 14.7. The number of methoxy groups -OCH3 is 2. The number of hydrogen-bond donors (Lipinski definition) is 2. The lowest BCUT2D eigenvalue weighted by molar-refractivity contribution is 0.0937. The van der Waals surface area contributed by atoms with Gasteiger partial charge in [-0.1, -0.05) is 24.3 Å². The molecule has 0 saturated heterocycles. The number of benzene rings is 2. The Morgan fingerprint density at radius 2 is 1.85 bits per heavy atom. The number of carbonyl (C=O) groups excluding carboxylic acids is 1. The van der Waals surface area contributed by atoms with Crippen LogP contribution in [0.2, 0.25) is 0 Å². The Morgan fingerprint density at radius 3 is 2.58 bits per heavy atom. The van der Waals surface area contributed by atoms with E-state index < -0.39 is 10.0 Å². The second kappa shape index (κ2) is 9.33. The Hall–Kier alpha value is -2.42. The quantitative estimate of drug-likeness (QED) is 0.646. The number of nitrogens with one attached hydrogen (secondary N) is 2. The van der Waals surface area contributed by atoms with Crippen LogP contribution in [0.3, 0.4) is 0 Å². The fourth-order valence-corrected chi connectivity index (χ4v) is 3.33. The number of sulfonamides is 1. The molecule has 0 bridgehead atoms. The van der Waals surface area contributed by atoms with Gasteiger partial charge in [0.05, 0.1) is 18.6 Å². The third-order valence-corrected chi connectivity index (χ3v) is 5.04. The molecule has 0 aromatic heterocycles. The zero-order valence-corrected chi connectivity index (χ0v) is 15.5. The Morgan fingerprint density at radius 1 is 1.08 bits per heavy atom. The largest absolute Gasteiger partial charge is 0.496 e. The molecular weight excluding hydrogens is 356 g/mol. The van der Waals surface area contributed by atoms with E-state index in [1.807, 2.05) is 6.07 Å². The number of ether oxygens (including phenoxy) is 2. The first-order valence-corrected chi connectivity index (χ1v) is 9.45. The van der Waals surface area contributed by atoms with Crippen LogP contribution in [0.4, 0.5) is 0 Å². The first-order valence-electron chi connectivity index (χ1n) is 7.96. The summed E-state index contributed by atoms with van der Waals surface area (Å²) >= 11 is 0. The predicted molar refractivity (Wildman–Crippen MR) is 97.7 cm³/mol. The van der Waals surface area contributed by atoms with Gasteiger partial charge in [0.2, 0.25) is 10.0 Å². The Labute approximate surface area is 153 Å². The molecule has 140 valence electrons. The van der Waals surface area contributed by atoms with Crippen LogP contribution < -0.4 is 14.8 Å². The summed E-state index contributed by atoms with van der Waals surface area (Å²) in [4.78, 5) is 12.1. The molecule has 0 aliphatic carbocycles. The second-order valence-electron chi connectivity index (χ2n) is 5.41. The maximum Gasteiger partial charge on any atom is 0.251 e. The Kier molecular flexibility index (Phi) is 7.14. The molecule has 2 aromatic carbocycles. The normalized spacial score (nSPS) is 11.2. The van der Waals surface area contributed by atoms with Crippen LogP contribution in [0.5, 0.6) is 5.75 Å². The van der Waals surface area contributed by atoms with Crippen LogP contribution >= 0.6 is 0 Å². The molecule has 0 fully saturated rings. The van der Waals surface area contributed by atoms with Crippen molar-refractivity contribution in [2.75, 3.05) is 27.4 Å². The number of hydrogen-bond acceptors (Lipinski definition) is 5. The molecule has 2 N–H and O–H groups in total. The van der Waals surface area contributed by atoms with Crippen LogP contribution in [-0.4, -0.2) is 41.7 Å². The summed E-state index contributed by atoms with van der Waals surface area (Å²) in [6.45, 7) is 0.805. The minimum Gasteiger partial charge on any atom is -0.496 e.